The van der Waals surface area contributed by atoms with Crippen molar-refractivity contribution in [1.82, 2.24) is 5.32 Å². The van der Waals surface area contributed by atoms with E-state index in [1.807, 2.05) is 6.07 Å². The van der Waals surface area contributed by atoms with Gasteiger partial charge in [-0.25, -0.2) is 0 Å². The minimum absolute atomic E-state index is 0.00456. The highest BCUT2D eigenvalue weighted by molar-refractivity contribution is 5.46. The van der Waals surface area contributed by atoms with Crippen molar-refractivity contribution in [1.29, 1.82) is 0 Å². The van der Waals surface area contributed by atoms with Gasteiger partial charge in [0, 0.05) is 24.8 Å². The maximum Gasteiger partial charge on any atom is 0.0607 e. The molecule has 1 aromatic rings. The predicted octanol–water partition coefficient (Wildman–Crippen LogP) is 0.598. The summed E-state index contributed by atoms with van der Waals surface area (Å²) in [5.41, 5.74) is 1.27. The zero-order valence-corrected chi connectivity index (χ0v) is 10.6. The van der Waals surface area contributed by atoms with Crippen LogP contribution in [0.25, 0.3) is 0 Å². The molecule has 0 unspecified atom stereocenters. The third-order valence-corrected chi connectivity index (χ3v) is 3.53. The average Bonchev–Trinajstić information content (AvgIpc) is 2.46. The molecule has 0 saturated carbocycles. The molecule has 2 rings (SSSR count). The van der Waals surface area contributed by atoms with Crippen LogP contribution in [0.4, 0.5) is 5.69 Å². The lowest BCUT2D eigenvalue weighted by Crippen LogP contribution is -2.48. The summed E-state index contributed by atoms with van der Waals surface area (Å²) < 4.78 is 0. The van der Waals surface area contributed by atoms with Crippen LogP contribution in [0, 0.1) is 0 Å². The molecule has 0 aromatic heterocycles. The van der Waals surface area contributed by atoms with E-state index in [1.54, 1.807) is 0 Å². The molecule has 1 aromatic carbocycles. The molecular weight excluding hydrogens is 228 g/mol. The van der Waals surface area contributed by atoms with Gasteiger partial charge >= 0.3 is 0 Å². The van der Waals surface area contributed by atoms with Crippen molar-refractivity contribution in [2.45, 2.75) is 24.9 Å². The van der Waals surface area contributed by atoms with Crippen LogP contribution in [0.2, 0.25) is 0 Å². The fourth-order valence-corrected chi connectivity index (χ4v) is 2.44. The van der Waals surface area contributed by atoms with Gasteiger partial charge in [0.05, 0.1) is 19.3 Å². The van der Waals surface area contributed by atoms with Crippen molar-refractivity contribution in [3.05, 3.63) is 30.3 Å². The summed E-state index contributed by atoms with van der Waals surface area (Å²) in [6.07, 6.45) is 2.09. The van der Waals surface area contributed by atoms with Crippen LogP contribution < -0.4 is 10.2 Å². The lowest BCUT2D eigenvalue weighted by atomic mass is 10.0. The van der Waals surface area contributed by atoms with Gasteiger partial charge in [0.1, 0.15) is 0 Å². The Morgan fingerprint density at radius 3 is 2.28 bits per heavy atom. The van der Waals surface area contributed by atoms with Gasteiger partial charge in [-0.1, -0.05) is 18.2 Å². The molecule has 0 atom stereocenters. The number of aliphatic hydroxyl groups excluding tert-OH is 2. The van der Waals surface area contributed by atoms with Gasteiger partial charge in [0.25, 0.3) is 0 Å². The van der Waals surface area contributed by atoms with E-state index in [2.05, 4.69) is 34.5 Å². The average molecular weight is 250 g/mol. The van der Waals surface area contributed by atoms with Crippen molar-refractivity contribution in [3.63, 3.8) is 0 Å². The number of hydrogen-bond donors (Lipinski definition) is 3. The third kappa shape index (κ3) is 3.45. The molecule has 3 N–H and O–H groups in total. The van der Waals surface area contributed by atoms with Gasteiger partial charge in [-0.3, -0.25) is 0 Å². The third-order valence-electron chi connectivity index (χ3n) is 3.53. The summed E-state index contributed by atoms with van der Waals surface area (Å²) in [4.78, 5) is 2.38. The molecule has 0 spiro atoms. The number of hydrogen-bond acceptors (Lipinski definition) is 4. The Kier molecular flexibility index (Phi) is 4.99. The van der Waals surface area contributed by atoms with E-state index in [1.165, 1.54) is 5.69 Å². The van der Waals surface area contributed by atoms with Gasteiger partial charge in [0.15, 0.2) is 0 Å². The molecule has 4 nitrogen and oxygen atoms in total. The summed E-state index contributed by atoms with van der Waals surface area (Å²) >= 11 is 0. The Balaban J connectivity index is 1.81. The molecule has 0 radical (unpaired) electrons. The summed E-state index contributed by atoms with van der Waals surface area (Å²) in [5, 5.41) is 21.4. The molecule has 1 heterocycles. The fraction of sp³-hybridized carbons (Fsp3) is 0.571. The number of anilines is 1. The van der Waals surface area contributed by atoms with Crippen LogP contribution >= 0.6 is 0 Å². The van der Waals surface area contributed by atoms with E-state index in [0.29, 0.717) is 6.04 Å². The van der Waals surface area contributed by atoms with Crippen LogP contribution in [0.5, 0.6) is 0 Å². The fourth-order valence-electron chi connectivity index (χ4n) is 2.44. The second kappa shape index (κ2) is 6.73. The first-order chi connectivity index (χ1) is 8.83. The second-order valence-corrected chi connectivity index (χ2v) is 4.83. The molecule has 1 aliphatic heterocycles. The first kappa shape index (κ1) is 13.3. The number of nitrogens with one attached hydrogen (secondary N) is 1. The monoisotopic (exact) mass is 250 g/mol. The molecule has 4 heteroatoms. The van der Waals surface area contributed by atoms with Crippen LogP contribution in [0.3, 0.4) is 0 Å². The Bertz CT molecular complexity index is 333. The first-order valence-electron chi connectivity index (χ1n) is 6.61. The molecule has 100 valence electrons. The lowest BCUT2D eigenvalue weighted by Gasteiger charge is -2.35. The van der Waals surface area contributed by atoms with Gasteiger partial charge in [-0.05, 0) is 25.0 Å². The molecular formula is C14H22N2O2. The number of nitrogens with zero attached hydrogens (tertiary/aromatic N) is 1. The van der Waals surface area contributed by atoms with Crippen LogP contribution in [0.1, 0.15) is 12.8 Å². The van der Waals surface area contributed by atoms with Gasteiger partial charge in [-0.2, -0.15) is 0 Å². The zero-order valence-electron chi connectivity index (χ0n) is 10.6. The van der Waals surface area contributed by atoms with Gasteiger partial charge in [0.2, 0.25) is 0 Å². The Morgan fingerprint density at radius 2 is 1.72 bits per heavy atom. The SMILES string of the molecule is OCC(CO)NC1CCN(c2ccccc2)CC1. The minimum atomic E-state index is -0.182. The second-order valence-electron chi connectivity index (χ2n) is 4.83. The molecule has 18 heavy (non-hydrogen) atoms. The van der Waals surface area contributed by atoms with E-state index in [9.17, 15) is 0 Å². The smallest absolute Gasteiger partial charge is 0.0607 e. The number of benzene rings is 1. The van der Waals surface area contributed by atoms with Crippen molar-refractivity contribution in [2.75, 3.05) is 31.2 Å². The topological polar surface area (TPSA) is 55.7 Å². The van der Waals surface area contributed by atoms with Gasteiger partial charge in [-0.15, -0.1) is 0 Å². The van der Waals surface area contributed by atoms with Crippen LogP contribution in [0.15, 0.2) is 30.3 Å². The highest BCUT2D eigenvalue weighted by Gasteiger charge is 2.21. The quantitative estimate of drug-likeness (QED) is 0.716. The number of aliphatic hydroxyl groups is 2. The largest absolute Gasteiger partial charge is 0.395 e. The predicted molar refractivity (Wildman–Crippen MR) is 72.8 cm³/mol. The summed E-state index contributed by atoms with van der Waals surface area (Å²) in [7, 11) is 0. The zero-order chi connectivity index (χ0) is 12.8. The van der Waals surface area contributed by atoms with E-state index in [-0.39, 0.29) is 19.3 Å². The van der Waals surface area contributed by atoms with Crippen molar-refractivity contribution < 1.29 is 10.2 Å². The highest BCUT2D eigenvalue weighted by Crippen LogP contribution is 2.19. The molecule has 0 bridgehead atoms. The van der Waals surface area contributed by atoms with Crippen LogP contribution in [-0.2, 0) is 0 Å². The van der Waals surface area contributed by atoms with Crippen molar-refractivity contribution in [3.8, 4) is 0 Å². The van der Waals surface area contributed by atoms with E-state index < -0.39 is 0 Å². The standard InChI is InChI=1S/C14H22N2O2/c17-10-13(11-18)15-12-6-8-16(9-7-12)14-4-2-1-3-5-14/h1-5,12-13,15,17-18H,6-11H2. The first-order valence-corrected chi connectivity index (χ1v) is 6.61. The Labute approximate surface area is 108 Å². The highest BCUT2D eigenvalue weighted by atomic mass is 16.3. The summed E-state index contributed by atoms with van der Waals surface area (Å²) in [6, 6.07) is 10.6. The molecule has 1 fully saturated rings. The van der Waals surface area contributed by atoms with E-state index in [0.717, 1.165) is 25.9 Å². The van der Waals surface area contributed by atoms with Crippen LogP contribution in [-0.4, -0.2) is 48.6 Å². The molecule has 1 aliphatic rings. The van der Waals surface area contributed by atoms with Crippen molar-refractivity contribution >= 4 is 5.69 Å². The van der Waals surface area contributed by atoms with E-state index >= 15 is 0 Å². The number of para-hydroxylation sites is 1. The molecule has 1 saturated heterocycles. The minimum Gasteiger partial charge on any atom is -0.395 e. The van der Waals surface area contributed by atoms with E-state index in [4.69, 9.17) is 10.2 Å². The summed E-state index contributed by atoms with van der Waals surface area (Å²) in [5.74, 6) is 0. The molecule has 0 amide bonds. The summed E-state index contributed by atoms with van der Waals surface area (Å²) in [6.45, 7) is 2.03. The maximum atomic E-state index is 9.05. The lowest BCUT2D eigenvalue weighted by molar-refractivity contribution is 0.157. The van der Waals surface area contributed by atoms with Crippen molar-refractivity contribution in [2.24, 2.45) is 0 Å². The number of piperidine rings is 1. The van der Waals surface area contributed by atoms with Gasteiger partial charge < -0.3 is 20.4 Å². The Morgan fingerprint density at radius 1 is 1.11 bits per heavy atom. The Hall–Kier alpha value is -1.10. The number of rotatable bonds is 5. The normalized spacial score (nSPS) is 17.4. The maximum absolute atomic E-state index is 9.05. The molecule has 0 aliphatic carbocycles.